The zero-order valence-corrected chi connectivity index (χ0v) is 27.9. The molecule has 47 heavy (non-hydrogen) atoms. The van der Waals surface area contributed by atoms with Gasteiger partial charge in [0.1, 0.15) is 5.41 Å². The summed E-state index contributed by atoms with van der Waals surface area (Å²) in [6.07, 6.45) is 7.85. The molecule has 6 rings (SSSR count). The SMILES string of the molecule is CCCC(CCC)(C(=O)NC(c1cccc2ccccc12)C1(O)CCCC1)C(=O)NC(c1cccc2ccccc12)C1(O)CCCC1. The number of carbonyl (C=O) groups is 2. The molecule has 2 unspecified atom stereocenters. The Kier molecular flexibility index (Phi) is 9.72. The largest absolute Gasteiger partial charge is 0.387 e. The summed E-state index contributed by atoms with van der Waals surface area (Å²) in [6, 6.07) is 26.8. The van der Waals surface area contributed by atoms with Gasteiger partial charge in [-0.05, 0) is 71.2 Å². The minimum atomic E-state index is -1.38. The predicted molar refractivity (Wildman–Crippen MR) is 189 cm³/mol. The van der Waals surface area contributed by atoms with Crippen molar-refractivity contribution in [1.82, 2.24) is 10.6 Å². The lowest BCUT2D eigenvalue weighted by molar-refractivity contribution is -0.148. The highest BCUT2D eigenvalue weighted by Gasteiger charge is 2.51. The minimum absolute atomic E-state index is 0.355. The van der Waals surface area contributed by atoms with Gasteiger partial charge in [0.25, 0.3) is 0 Å². The van der Waals surface area contributed by atoms with E-state index in [4.69, 9.17) is 0 Å². The molecule has 0 spiro atoms. The van der Waals surface area contributed by atoms with Gasteiger partial charge in [-0.15, -0.1) is 0 Å². The quantitative estimate of drug-likeness (QED) is 0.118. The van der Waals surface area contributed by atoms with Crippen molar-refractivity contribution in [1.29, 1.82) is 0 Å². The van der Waals surface area contributed by atoms with Gasteiger partial charge in [-0.2, -0.15) is 0 Å². The molecular weight excluding hydrogens is 584 g/mol. The standard InChI is InChI=1S/C41H50N2O4/c1-3-23-39(24-4-2,37(44)42-35(40(46)25-9-10-26-40)33-21-13-17-29-15-5-7-19-31(29)33)38(45)43-36(41(47)27-11-12-28-41)34-22-14-18-30-16-6-8-20-32(30)34/h5-8,13-22,35-36,46-47H,3-4,9-12,23-28H2,1-2H3,(H,42,44)(H,43,45). The van der Waals surface area contributed by atoms with Crippen LogP contribution in [0.4, 0.5) is 0 Å². The number of nitrogens with one attached hydrogen (secondary N) is 2. The van der Waals surface area contributed by atoms with E-state index in [2.05, 4.69) is 10.6 Å². The summed E-state index contributed by atoms with van der Waals surface area (Å²) in [5.41, 5.74) is -1.87. The van der Waals surface area contributed by atoms with E-state index in [-0.39, 0.29) is 11.8 Å². The first kappa shape index (κ1) is 33.2. The average Bonchev–Trinajstić information content (AvgIpc) is 3.74. The maximum absolute atomic E-state index is 14.9. The fraction of sp³-hybridized carbons (Fsp3) is 0.463. The van der Waals surface area contributed by atoms with Crippen molar-refractivity contribution in [2.75, 3.05) is 0 Å². The normalized spacial score (nSPS) is 18.6. The molecule has 0 radical (unpaired) electrons. The molecule has 2 aliphatic rings. The predicted octanol–water partition coefficient (Wildman–Crippen LogP) is 8.20. The van der Waals surface area contributed by atoms with Crippen LogP contribution in [0.15, 0.2) is 84.9 Å². The number of hydrogen-bond donors (Lipinski definition) is 4. The summed E-state index contributed by atoms with van der Waals surface area (Å²) in [7, 11) is 0. The molecule has 4 aromatic carbocycles. The maximum atomic E-state index is 14.9. The Morgan fingerprint density at radius 3 is 1.36 bits per heavy atom. The molecule has 0 heterocycles. The molecule has 4 aromatic rings. The summed E-state index contributed by atoms with van der Waals surface area (Å²) in [5.74, 6) is -0.709. The second-order valence-corrected chi connectivity index (χ2v) is 14.2. The molecule has 0 aliphatic heterocycles. The van der Waals surface area contributed by atoms with Crippen LogP contribution in [0.3, 0.4) is 0 Å². The molecule has 2 amide bonds. The fourth-order valence-electron chi connectivity index (χ4n) is 8.63. The Morgan fingerprint density at radius 1 is 0.617 bits per heavy atom. The van der Waals surface area contributed by atoms with Crippen LogP contribution in [0.2, 0.25) is 0 Å². The van der Waals surface area contributed by atoms with Crippen LogP contribution in [0.1, 0.15) is 114 Å². The first-order chi connectivity index (χ1) is 22.7. The van der Waals surface area contributed by atoms with E-state index in [0.717, 1.165) is 58.4 Å². The summed E-state index contributed by atoms with van der Waals surface area (Å²) in [5, 5.41) is 34.9. The Balaban J connectivity index is 1.41. The van der Waals surface area contributed by atoms with Gasteiger partial charge in [0, 0.05) is 0 Å². The van der Waals surface area contributed by atoms with Gasteiger partial charge in [-0.3, -0.25) is 9.59 Å². The van der Waals surface area contributed by atoms with E-state index in [0.29, 0.717) is 51.4 Å². The van der Waals surface area contributed by atoms with Gasteiger partial charge in [0.2, 0.25) is 11.8 Å². The molecular formula is C41H50N2O4. The van der Waals surface area contributed by atoms with E-state index >= 15 is 0 Å². The van der Waals surface area contributed by atoms with Gasteiger partial charge in [0.05, 0.1) is 23.3 Å². The van der Waals surface area contributed by atoms with Crippen molar-refractivity contribution < 1.29 is 19.8 Å². The van der Waals surface area contributed by atoms with Crippen LogP contribution < -0.4 is 10.6 Å². The fourth-order valence-corrected chi connectivity index (χ4v) is 8.63. The molecule has 6 heteroatoms. The molecule has 0 aromatic heterocycles. The van der Waals surface area contributed by atoms with Crippen molar-refractivity contribution in [3.05, 3.63) is 96.1 Å². The zero-order chi connectivity index (χ0) is 33.1. The van der Waals surface area contributed by atoms with Crippen molar-refractivity contribution in [3.63, 3.8) is 0 Å². The lowest BCUT2D eigenvalue weighted by Crippen LogP contribution is -2.57. The topological polar surface area (TPSA) is 98.7 Å². The van der Waals surface area contributed by atoms with Crippen molar-refractivity contribution in [3.8, 4) is 0 Å². The summed E-state index contributed by atoms with van der Waals surface area (Å²) >= 11 is 0. The van der Waals surface area contributed by atoms with E-state index in [1.165, 1.54) is 0 Å². The van der Waals surface area contributed by atoms with Crippen LogP contribution in [0, 0.1) is 5.41 Å². The van der Waals surface area contributed by atoms with Gasteiger partial charge in [-0.1, -0.05) is 137 Å². The monoisotopic (exact) mass is 634 g/mol. The molecule has 4 N–H and O–H groups in total. The maximum Gasteiger partial charge on any atom is 0.236 e. The summed E-state index contributed by atoms with van der Waals surface area (Å²) < 4.78 is 0. The molecule has 248 valence electrons. The molecule has 2 atom stereocenters. The van der Waals surface area contributed by atoms with Gasteiger partial charge >= 0.3 is 0 Å². The van der Waals surface area contributed by atoms with Crippen molar-refractivity contribution in [2.24, 2.45) is 5.41 Å². The Bertz CT molecular complexity index is 1580. The molecule has 0 bridgehead atoms. The van der Waals surface area contributed by atoms with E-state index in [1.54, 1.807) is 0 Å². The highest BCUT2D eigenvalue weighted by atomic mass is 16.3. The summed E-state index contributed by atoms with van der Waals surface area (Å²) in [4.78, 5) is 29.8. The number of aliphatic hydroxyl groups is 2. The van der Waals surface area contributed by atoms with Gasteiger partial charge in [0.15, 0.2) is 0 Å². The zero-order valence-electron chi connectivity index (χ0n) is 27.9. The van der Waals surface area contributed by atoms with Crippen LogP contribution >= 0.6 is 0 Å². The lowest BCUT2D eigenvalue weighted by atomic mass is 9.75. The second kappa shape index (κ2) is 13.8. The third kappa shape index (κ3) is 6.30. The number of hydrogen-bond acceptors (Lipinski definition) is 4. The molecule has 2 saturated carbocycles. The van der Waals surface area contributed by atoms with Crippen LogP contribution in [-0.2, 0) is 9.59 Å². The smallest absolute Gasteiger partial charge is 0.236 e. The van der Waals surface area contributed by atoms with Crippen molar-refractivity contribution >= 4 is 33.4 Å². The van der Waals surface area contributed by atoms with Crippen LogP contribution in [0.25, 0.3) is 21.5 Å². The molecule has 2 fully saturated rings. The Labute approximate surface area is 279 Å². The number of benzene rings is 4. The van der Waals surface area contributed by atoms with E-state index in [9.17, 15) is 19.8 Å². The van der Waals surface area contributed by atoms with E-state index in [1.807, 2.05) is 98.8 Å². The number of amides is 2. The highest BCUT2D eigenvalue weighted by Crippen LogP contribution is 2.45. The number of rotatable bonds is 12. The Morgan fingerprint density at radius 2 is 0.979 bits per heavy atom. The highest BCUT2D eigenvalue weighted by molar-refractivity contribution is 6.05. The lowest BCUT2D eigenvalue weighted by Gasteiger charge is -2.40. The van der Waals surface area contributed by atoms with Crippen LogP contribution in [0.5, 0.6) is 0 Å². The first-order valence-corrected chi connectivity index (χ1v) is 17.8. The minimum Gasteiger partial charge on any atom is -0.387 e. The first-order valence-electron chi connectivity index (χ1n) is 17.8. The van der Waals surface area contributed by atoms with Gasteiger partial charge in [-0.25, -0.2) is 0 Å². The van der Waals surface area contributed by atoms with E-state index < -0.39 is 28.7 Å². The van der Waals surface area contributed by atoms with Crippen LogP contribution in [-0.4, -0.2) is 33.2 Å². The van der Waals surface area contributed by atoms with Crippen molar-refractivity contribution in [2.45, 2.75) is 114 Å². The second-order valence-electron chi connectivity index (χ2n) is 14.2. The third-order valence-electron chi connectivity index (χ3n) is 11.1. The summed E-state index contributed by atoms with van der Waals surface area (Å²) in [6.45, 7) is 4.01. The number of carbonyl (C=O) groups excluding carboxylic acids is 2. The molecule has 6 nitrogen and oxygen atoms in total. The molecule has 0 saturated heterocycles. The Hall–Kier alpha value is -3.74. The van der Waals surface area contributed by atoms with Gasteiger partial charge < -0.3 is 20.8 Å². The molecule has 2 aliphatic carbocycles. The average molecular weight is 635 g/mol. The number of fused-ring (bicyclic) bond motifs is 2. The third-order valence-corrected chi connectivity index (χ3v) is 11.1.